The summed E-state index contributed by atoms with van der Waals surface area (Å²) in [6.45, 7) is 0. The van der Waals surface area contributed by atoms with Crippen LogP contribution in [0.1, 0.15) is 15.9 Å². The summed E-state index contributed by atoms with van der Waals surface area (Å²) in [5.41, 5.74) is 1.37. The van der Waals surface area contributed by atoms with E-state index in [2.05, 4.69) is 5.32 Å². The van der Waals surface area contributed by atoms with Crippen molar-refractivity contribution < 1.29 is 18.4 Å². The van der Waals surface area contributed by atoms with Crippen molar-refractivity contribution in [3.8, 4) is 6.07 Å². The Morgan fingerprint density at radius 3 is 2.46 bits per heavy atom. The van der Waals surface area contributed by atoms with Crippen LogP contribution < -0.4 is 5.32 Å². The Hall–Kier alpha value is -2.57. The van der Waals surface area contributed by atoms with Crippen LogP contribution in [0.3, 0.4) is 0 Å². The van der Waals surface area contributed by atoms with Crippen LogP contribution in [0, 0.1) is 11.3 Å². The van der Waals surface area contributed by atoms with Gasteiger partial charge in [-0.3, -0.25) is 9.59 Å². The van der Waals surface area contributed by atoms with E-state index >= 15 is 0 Å². The van der Waals surface area contributed by atoms with Crippen LogP contribution in [0.2, 0.25) is 0 Å². The normalized spacial score (nSPS) is 16.1. The Morgan fingerprint density at radius 1 is 1.18 bits per heavy atom. The molecule has 144 valence electrons. The highest BCUT2D eigenvalue weighted by atomic mass is 32.2. The van der Waals surface area contributed by atoms with Crippen LogP contribution in [0.25, 0.3) is 0 Å². The molecule has 2 amide bonds. The number of thioether (sulfide) groups is 2. The van der Waals surface area contributed by atoms with Gasteiger partial charge in [-0.25, -0.2) is 0 Å². The first-order chi connectivity index (χ1) is 13.5. The van der Waals surface area contributed by atoms with Gasteiger partial charge in [0.05, 0.1) is 17.5 Å². The van der Waals surface area contributed by atoms with Crippen molar-refractivity contribution in [1.82, 2.24) is 4.90 Å². The number of carbonyl (C=O) groups excluding carboxylic acids is 2. The minimum absolute atomic E-state index is 0.312. The Balaban J connectivity index is 1.68. The summed E-state index contributed by atoms with van der Waals surface area (Å²) in [7, 11) is 0. The van der Waals surface area contributed by atoms with Crippen LogP contribution in [0.4, 0.5) is 14.5 Å². The van der Waals surface area contributed by atoms with Crippen molar-refractivity contribution in [2.24, 2.45) is 0 Å². The van der Waals surface area contributed by atoms with Gasteiger partial charge in [0.1, 0.15) is 6.04 Å². The molecule has 1 saturated heterocycles. The molecule has 0 spiro atoms. The highest BCUT2D eigenvalue weighted by Gasteiger charge is 2.35. The summed E-state index contributed by atoms with van der Waals surface area (Å²) in [4.78, 5) is 27.2. The lowest BCUT2D eigenvalue weighted by Crippen LogP contribution is -2.44. The third-order valence-corrected chi connectivity index (χ3v) is 5.79. The average molecular weight is 419 g/mol. The molecule has 3 rings (SSSR count). The second-order valence-corrected chi connectivity index (χ2v) is 7.94. The third-order valence-electron chi connectivity index (χ3n) is 4.05. The highest BCUT2D eigenvalue weighted by molar-refractivity contribution is 7.99. The summed E-state index contributed by atoms with van der Waals surface area (Å²) in [6.07, 6.45) is 0. The van der Waals surface area contributed by atoms with E-state index in [0.29, 0.717) is 45.1 Å². The first-order valence-electron chi connectivity index (χ1n) is 8.22. The lowest BCUT2D eigenvalue weighted by Gasteiger charge is -2.23. The van der Waals surface area contributed by atoms with E-state index in [4.69, 9.17) is 5.26 Å². The lowest BCUT2D eigenvalue weighted by molar-refractivity contribution is -0.119. The molecule has 0 saturated carbocycles. The summed E-state index contributed by atoms with van der Waals surface area (Å²) in [6, 6.07) is 13.7. The quantitative estimate of drug-likeness (QED) is 0.741. The summed E-state index contributed by atoms with van der Waals surface area (Å²) in [5.74, 6) is -2.32. The predicted molar refractivity (Wildman–Crippen MR) is 105 cm³/mol. The molecule has 1 unspecified atom stereocenters. The van der Waals surface area contributed by atoms with E-state index in [1.165, 1.54) is 40.9 Å². The number of hydrogen-bond acceptors (Lipinski definition) is 5. The molecule has 9 heteroatoms. The van der Waals surface area contributed by atoms with Gasteiger partial charge < -0.3 is 10.2 Å². The fourth-order valence-corrected chi connectivity index (χ4v) is 4.31. The fourth-order valence-electron chi connectivity index (χ4n) is 2.66. The summed E-state index contributed by atoms with van der Waals surface area (Å²) < 4.78 is 24.8. The van der Waals surface area contributed by atoms with Gasteiger partial charge in [-0.05, 0) is 48.5 Å². The molecular formula is C19H15F2N3O2S2. The second-order valence-electron chi connectivity index (χ2n) is 5.87. The molecule has 1 atom stereocenters. The maximum absolute atomic E-state index is 12.8. The standard InChI is InChI=1S/C19H15F2N3O2S2/c20-19(21)28-15-7-3-13(4-8-15)18(26)24-11-27-10-16(24)17(25)23-14-5-1-12(9-22)2-6-14/h1-8,16,19H,10-11H2,(H,23,25). The van der Waals surface area contributed by atoms with Crippen LogP contribution in [0.5, 0.6) is 0 Å². The summed E-state index contributed by atoms with van der Waals surface area (Å²) >= 11 is 1.88. The monoisotopic (exact) mass is 419 g/mol. The Morgan fingerprint density at radius 2 is 1.86 bits per heavy atom. The van der Waals surface area contributed by atoms with Gasteiger partial charge in [-0.1, -0.05) is 11.8 Å². The number of hydrogen-bond donors (Lipinski definition) is 1. The van der Waals surface area contributed by atoms with Crippen molar-refractivity contribution >= 4 is 41.0 Å². The zero-order valence-electron chi connectivity index (χ0n) is 14.5. The first-order valence-corrected chi connectivity index (χ1v) is 10.3. The van der Waals surface area contributed by atoms with Gasteiger partial charge in [0.2, 0.25) is 5.91 Å². The number of nitrogens with one attached hydrogen (secondary N) is 1. The zero-order chi connectivity index (χ0) is 20.1. The van der Waals surface area contributed by atoms with Gasteiger partial charge in [0.15, 0.2) is 0 Å². The molecule has 1 fully saturated rings. The number of halogens is 2. The number of carbonyl (C=O) groups is 2. The van der Waals surface area contributed by atoms with Gasteiger partial charge in [-0.15, -0.1) is 11.8 Å². The fraction of sp³-hybridized carbons (Fsp3) is 0.211. The van der Waals surface area contributed by atoms with Crippen LogP contribution in [-0.4, -0.2) is 40.1 Å². The van der Waals surface area contributed by atoms with E-state index < -0.39 is 11.8 Å². The minimum Gasteiger partial charge on any atom is -0.324 e. The number of amides is 2. The molecule has 0 radical (unpaired) electrons. The number of benzene rings is 2. The van der Waals surface area contributed by atoms with E-state index in [1.807, 2.05) is 6.07 Å². The van der Waals surface area contributed by atoms with E-state index in [-0.39, 0.29) is 11.8 Å². The smallest absolute Gasteiger partial charge is 0.288 e. The number of nitrogens with zero attached hydrogens (tertiary/aromatic N) is 2. The molecule has 0 aromatic heterocycles. The van der Waals surface area contributed by atoms with E-state index in [9.17, 15) is 18.4 Å². The third kappa shape index (κ3) is 4.82. The Labute approximate surface area is 169 Å². The van der Waals surface area contributed by atoms with Crippen LogP contribution in [-0.2, 0) is 4.79 Å². The Bertz CT molecular complexity index is 899. The average Bonchev–Trinajstić information content (AvgIpc) is 3.18. The second kappa shape index (κ2) is 9.08. The lowest BCUT2D eigenvalue weighted by atomic mass is 10.1. The molecule has 1 heterocycles. The molecular weight excluding hydrogens is 404 g/mol. The SMILES string of the molecule is N#Cc1ccc(NC(=O)C2CSCN2C(=O)c2ccc(SC(F)F)cc2)cc1. The van der Waals surface area contributed by atoms with E-state index in [1.54, 1.807) is 24.3 Å². The molecule has 2 aromatic carbocycles. The maximum Gasteiger partial charge on any atom is 0.288 e. The molecule has 28 heavy (non-hydrogen) atoms. The predicted octanol–water partition coefficient (Wildman–Crippen LogP) is 4.03. The van der Waals surface area contributed by atoms with Crippen molar-refractivity contribution in [2.45, 2.75) is 16.7 Å². The molecule has 0 bridgehead atoms. The van der Waals surface area contributed by atoms with Gasteiger partial charge >= 0.3 is 0 Å². The number of rotatable bonds is 5. The zero-order valence-corrected chi connectivity index (χ0v) is 16.1. The van der Waals surface area contributed by atoms with Crippen molar-refractivity contribution in [3.63, 3.8) is 0 Å². The topological polar surface area (TPSA) is 73.2 Å². The number of anilines is 1. The summed E-state index contributed by atoms with van der Waals surface area (Å²) in [5, 5.41) is 11.6. The van der Waals surface area contributed by atoms with Crippen molar-refractivity contribution in [1.29, 1.82) is 5.26 Å². The molecule has 5 nitrogen and oxygen atoms in total. The first kappa shape index (κ1) is 20.2. The van der Waals surface area contributed by atoms with E-state index in [0.717, 1.165) is 0 Å². The molecule has 1 aliphatic heterocycles. The molecule has 1 aliphatic rings. The maximum atomic E-state index is 12.8. The van der Waals surface area contributed by atoms with Gasteiger partial charge in [-0.2, -0.15) is 14.0 Å². The van der Waals surface area contributed by atoms with Gasteiger partial charge in [0, 0.05) is 21.9 Å². The Kier molecular flexibility index (Phi) is 6.54. The molecule has 2 aromatic rings. The van der Waals surface area contributed by atoms with Crippen molar-refractivity contribution in [3.05, 3.63) is 59.7 Å². The highest BCUT2D eigenvalue weighted by Crippen LogP contribution is 2.27. The van der Waals surface area contributed by atoms with Crippen LogP contribution >= 0.6 is 23.5 Å². The molecule has 1 N–H and O–H groups in total. The van der Waals surface area contributed by atoms with Crippen molar-refractivity contribution in [2.75, 3.05) is 16.9 Å². The molecule has 0 aliphatic carbocycles. The minimum atomic E-state index is -2.52. The van der Waals surface area contributed by atoms with Crippen LogP contribution in [0.15, 0.2) is 53.4 Å². The van der Waals surface area contributed by atoms with Gasteiger partial charge in [0.25, 0.3) is 11.7 Å². The number of alkyl halides is 2. The largest absolute Gasteiger partial charge is 0.324 e. The number of nitriles is 1.